The number of benzene rings is 4. The zero-order valence-corrected chi connectivity index (χ0v) is 22.0. The van der Waals surface area contributed by atoms with Crippen LogP contribution in [0.2, 0.25) is 0 Å². The van der Waals surface area contributed by atoms with Crippen LogP contribution in [0, 0.1) is 10.1 Å². The van der Waals surface area contributed by atoms with Crippen LogP contribution in [0.4, 0.5) is 23.7 Å². The molecule has 41 heavy (non-hydrogen) atoms. The number of hydrogen-bond donors (Lipinski definition) is 0. The molecule has 0 radical (unpaired) electrons. The molecule has 0 aromatic heterocycles. The normalized spacial score (nSPS) is 14.6. The Morgan fingerprint density at radius 3 is 2.37 bits per heavy atom. The number of methoxy groups -OCH3 is 1. The molecule has 0 saturated carbocycles. The van der Waals surface area contributed by atoms with E-state index < -0.39 is 39.2 Å². The number of ether oxygens (including phenoxy) is 2. The molecule has 0 spiro atoms. The number of hydrogen-bond acceptors (Lipinski definition) is 7. The number of rotatable bonds is 7. The van der Waals surface area contributed by atoms with E-state index in [-0.39, 0.29) is 22.9 Å². The summed E-state index contributed by atoms with van der Waals surface area (Å²) in [4.78, 5) is 37.5. The average Bonchev–Trinajstić information content (AvgIpc) is 3.20. The summed E-state index contributed by atoms with van der Waals surface area (Å²) in [6.07, 6.45) is -3.27. The first kappa shape index (κ1) is 27.7. The van der Waals surface area contributed by atoms with Gasteiger partial charge in [-0.1, -0.05) is 42.5 Å². The van der Waals surface area contributed by atoms with Crippen LogP contribution in [0.3, 0.4) is 0 Å². The average molecular weight is 581 g/mol. The highest BCUT2D eigenvalue weighted by Crippen LogP contribution is 2.41. The minimum Gasteiger partial charge on any atom is -0.493 e. The van der Waals surface area contributed by atoms with Crippen molar-refractivity contribution in [2.24, 2.45) is 0 Å². The molecule has 4 aromatic carbocycles. The number of alkyl halides is 3. The Morgan fingerprint density at radius 1 is 0.927 bits per heavy atom. The minimum atomic E-state index is -4.77. The lowest BCUT2D eigenvalue weighted by atomic mass is 10.1. The van der Waals surface area contributed by atoms with Crippen molar-refractivity contribution in [2.45, 2.75) is 12.7 Å². The smallest absolute Gasteiger partial charge is 0.416 e. The van der Waals surface area contributed by atoms with Crippen molar-refractivity contribution < 1.29 is 37.2 Å². The number of imide groups is 1. The van der Waals surface area contributed by atoms with Crippen LogP contribution in [-0.4, -0.2) is 28.1 Å². The van der Waals surface area contributed by atoms with Crippen LogP contribution < -0.4 is 9.47 Å². The van der Waals surface area contributed by atoms with E-state index in [0.29, 0.717) is 17.7 Å². The van der Waals surface area contributed by atoms with E-state index in [9.17, 15) is 32.9 Å². The molecule has 208 valence electrons. The molecule has 5 rings (SSSR count). The molecule has 2 amide bonds. The summed E-state index contributed by atoms with van der Waals surface area (Å²) < 4.78 is 49.9. The number of thioether (sulfide) groups is 1. The van der Waals surface area contributed by atoms with Gasteiger partial charge in [-0.2, -0.15) is 13.2 Å². The summed E-state index contributed by atoms with van der Waals surface area (Å²) in [7, 11) is 1.31. The van der Waals surface area contributed by atoms with Crippen LogP contribution in [0.5, 0.6) is 17.2 Å². The molecular weight excluding hydrogens is 561 g/mol. The van der Waals surface area contributed by atoms with Crippen molar-refractivity contribution in [1.29, 1.82) is 0 Å². The summed E-state index contributed by atoms with van der Waals surface area (Å²) in [6.45, 7) is 0.106. The molecule has 0 bridgehead atoms. The highest BCUT2D eigenvalue weighted by Gasteiger charge is 2.35. The molecule has 1 aliphatic heterocycles. The summed E-state index contributed by atoms with van der Waals surface area (Å²) in [5, 5.41) is 13.0. The summed E-state index contributed by atoms with van der Waals surface area (Å²) in [5.41, 5.74) is -0.792. The predicted octanol–water partition coefficient (Wildman–Crippen LogP) is 7.80. The largest absolute Gasteiger partial charge is 0.493 e. The number of carbonyl (C=O) groups excluding carboxylic acids is 2. The fourth-order valence-electron chi connectivity index (χ4n) is 4.21. The van der Waals surface area contributed by atoms with Crippen LogP contribution in [-0.2, 0) is 17.5 Å². The van der Waals surface area contributed by atoms with E-state index in [1.165, 1.54) is 31.4 Å². The number of nitro groups is 1. The van der Waals surface area contributed by atoms with Gasteiger partial charge in [-0.05, 0) is 70.1 Å². The third-order valence-electron chi connectivity index (χ3n) is 6.22. The Labute approximate surface area is 235 Å². The van der Waals surface area contributed by atoms with Gasteiger partial charge in [0.05, 0.1) is 29.0 Å². The highest BCUT2D eigenvalue weighted by atomic mass is 32.2. The number of carbonyl (C=O) groups is 2. The van der Waals surface area contributed by atoms with E-state index >= 15 is 0 Å². The molecule has 0 aliphatic carbocycles. The third-order valence-corrected chi connectivity index (χ3v) is 7.12. The molecule has 4 aromatic rings. The van der Waals surface area contributed by atoms with Gasteiger partial charge in [-0.25, -0.2) is 0 Å². The van der Waals surface area contributed by atoms with Crippen LogP contribution in [0.15, 0.2) is 83.8 Å². The van der Waals surface area contributed by atoms with Gasteiger partial charge in [0, 0.05) is 6.07 Å². The quantitative estimate of drug-likeness (QED) is 0.125. The lowest BCUT2D eigenvalue weighted by Gasteiger charge is -2.13. The van der Waals surface area contributed by atoms with Crippen molar-refractivity contribution >= 4 is 45.4 Å². The standard InChI is InChI=1S/C29H19F3N2O6S/c1-39-25-13-17(7-10-24(25)40-23-11-9-21(29(30,31)32)15-22(23)34(37)38)14-26-27(35)33(28(36)41-26)16-18-6-8-19-4-2-3-5-20(19)12-18/h2-15H,16H2,1H3/b26-14-. The lowest BCUT2D eigenvalue weighted by molar-refractivity contribution is -0.385. The van der Waals surface area contributed by atoms with Gasteiger partial charge in [0.15, 0.2) is 11.5 Å². The zero-order valence-electron chi connectivity index (χ0n) is 21.2. The molecule has 0 unspecified atom stereocenters. The van der Waals surface area contributed by atoms with E-state index in [0.717, 1.165) is 39.1 Å². The van der Waals surface area contributed by atoms with Gasteiger partial charge in [0.25, 0.3) is 11.1 Å². The topological polar surface area (TPSA) is 99.0 Å². The van der Waals surface area contributed by atoms with E-state index in [1.807, 2.05) is 42.5 Å². The Balaban J connectivity index is 1.37. The Kier molecular flexibility index (Phi) is 7.41. The van der Waals surface area contributed by atoms with Crippen LogP contribution >= 0.6 is 11.8 Å². The van der Waals surface area contributed by atoms with Gasteiger partial charge in [-0.15, -0.1) is 0 Å². The van der Waals surface area contributed by atoms with Gasteiger partial charge >= 0.3 is 11.9 Å². The van der Waals surface area contributed by atoms with Crippen molar-refractivity contribution in [3.05, 3.63) is 111 Å². The van der Waals surface area contributed by atoms with Crippen molar-refractivity contribution in [3.8, 4) is 17.2 Å². The molecule has 0 N–H and O–H groups in total. The van der Waals surface area contributed by atoms with E-state index in [4.69, 9.17) is 9.47 Å². The molecule has 1 saturated heterocycles. The molecule has 0 atom stereocenters. The minimum absolute atomic E-state index is 0.00285. The van der Waals surface area contributed by atoms with Gasteiger partial charge < -0.3 is 9.47 Å². The highest BCUT2D eigenvalue weighted by molar-refractivity contribution is 8.18. The van der Waals surface area contributed by atoms with Crippen molar-refractivity contribution in [3.63, 3.8) is 0 Å². The first-order chi connectivity index (χ1) is 19.5. The maximum Gasteiger partial charge on any atom is 0.416 e. The first-order valence-electron chi connectivity index (χ1n) is 12.0. The molecule has 1 aliphatic rings. The maximum absolute atomic E-state index is 13.1. The molecule has 8 nitrogen and oxygen atoms in total. The number of nitrogens with zero attached hydrogens (tertiary/aromatic N) is 2. The predicted molar refractivity (Wildman–Crippen MR) is 147 cm³/mol. The Morgan fingerprint density at radius 2 is 1.66 bits per heavy atom. The zero-order chi connectivity index (χ0) is 29.3. The van der Waals surface area contributed by atoms with Crippen molar-refractivity contribution in [1.82, 2.24) is 4.90 Å². The second kappa shape index (κ2) is 11.0. The fraction of sp³-hybridized carbons (Fsp3) is 0.103. The molecule has 1 heterocycles. The fourth-order valence-corrected chi connectivity index (χ4v) is 5.05. The summed E-state index contributed by atoms with van der Waals surface area (Å²) in [6, 6.07) is 19.8. The van der Waals surface area contributed by atoms with Crippen molar-refractivity contribution in [2.75, 3.05) is 7.11 Å². The number of halogens is 3. The van der Waals surface area contributed by atoms with Crippen LogP contribution in [0.1, 0.15) is 16.7 Å². The second-order valence-corrected chi connectivity index (χ2v) is 9.89. The Hall–Kier alpha value is -4.84. The van der Waals surface area contributed by atoms with E-state index in [2.05, 4.69) is 0 Å². The molecular formula is C29H19F3N2O6S. The monoisotopic (exact) mass is 580 g/mol. The second-order valence-electron chi connectivity index (χ2n) is 8.90. The summed E-state index contributed by atoms with van der Waals surface area (Å²) in [5.74, 6) is -0.781. The third kappa shape index (κ3) is 5.87. The first-order valence-corrected chi connectivity index (χ1v) is 12.8. The molecule has 1 fully saturated rings. The number of fused-ring (bicyclic) bond motifs is 1. The van der Waals surface area contributed by atoms with Gasteiger partial charge in [0.2, 0.25) is 5.75 Å². The summed E-state index contributed by atoms with van der Waals surface area (Å²) >= 11 is 0.788. The lowest BCUT2D eigenvalue weighted by Crippen LogP contribution is -2.27. The number of nitro benzene ring substituents is 1. The van der Waals surface area contributed by atoms with Gasteiger partial charge in [-0.3, -0.25) is 24.6 Å². The Bertz CT molecular complexity index is 1740. The molecule has 12 heteroatoms. The SMILES string of the molecule is COc1cc(/C=C2\SC(=O)N(Cc3ccc4ccccc4c3)C2=O)ccc1Oc1ccc(C(F)(F)F)cc1[N+](=O)[O-]. The van der Waals surface area contributed by atoms with Gasteiger partial charge in [0.1, 0.15) is 0 Å². The number of amides is 2. The maximum atomic E-state index is 13.1. The van der Waals surface area contributed by atoms with Crippen LogP contribution in [0.25, 0.3) is 16.8 Å². The van der Waals surface area contributed by atoms with E-state index in [1.54, 1.807) is 0 Å².